The summed E-state index contributed by atoms with van der Waals surface area (Å²) in [5.74, 6) is 1.34. The fourth-order valence-corrected chi connectivity index (χ4v) is 4.32. The fraction of sp³-hybridized carbons (Fsp3) is 0.375. The van der Waals surface area contributed by atoms with Crippen molar-refractivity contribution in [1.29, 1.82) is 0 Å². The Hall–Kier alpha value is -2.99. The van der Waals surface area contributed by atoms with Crippen molar-refractivity contribution in [3.05, 3.63) is 71.4 Å². The highest BCUT2D eigenvalue weighted by Crippen LogP contribution is 2.28. The predicted molar refractivity (Wildman–Crippen MR) is 117 cm³/mol. The molecular formula is C24H29N3O3. The van der Waals surface area contributed by atoms with Crippen molar-refractivity contribution in [2.75, 3.05) is 31.1 Å². The van der Waals surface area contributed by atoms with Crippen LogP contribution in [-0.2, 0) is 6.54 Å². The number of carbonyl (C=O) groups excluding carboxylic acids is 1. The van der Waals surface area contributed by atoms with Gasteiger partial charge in [0.25, 0.3) is 0 Å². The number of Topliss-reactive ketones (excluding diaryl/α,β-unsaturated/α-hetero) is 1. The van der Waals surface area contributed by atoms with Gasteiger partial charge in [0, 0.05) is 43.1 Å². The standard InChI is InChI=1S/C24H29N3O3/c1-17-15-21(18(2)27(17)16-20-7-6-14-30-20)24(29)19(3)25-10-12-26(13-11-25)22-8-4-5-9-23(22)28/h4-9,14-15,19,28H,10-13,16H2,1-3H3/t19-/m1/s1. The van der Waals surface area contributed by atoms with Crippen molar-refractivity contribution in [3.8, 4) is 5.75 Å². The number of hydrogen-bond donors (Lipinski definition) is 1. The van der Waals surface area contributed by atoms with E-state index in [1.54, 1.807) is 12.3 Å². The van der Waals surface area contributed by atoms with Crippen LogP contribution in [0.3, 0.4) is 0 Å². The second-order valence-corrected chi connectivity index (χ2v) is 8.00. The maximum absolute atomic E-state index is 13.3. The van der Waals surface area contributed by atoms with E-state index in [-0.39, 0.29) is 11.8 Å². The minimum absolute atomic E-state index is 0.157. The molecule has 0 amide bonds. The van der Waals surface area contributed by atoms with Crippen LogP contribution in [0.4, 0.5) is 5.69 Å². The van der Waals surface area contributed by atoms with E-state index in [2.05, 4.69) is 14.4 Å². The SMILES string of the molecule is Cc1cc(C(=O)[C@@H](C)N2CCN(c3ccccc3O)CC2)c(C)n1Cc1ccco1. The Balaban J connectivity index is 1.44. The number of anilines is 1. The Kier molecular flexibility index (Phi) is 5.68. The van der Waals surface area contributed by atoms with Crippen molar-refractivity contribution in [2.45, 2.75) is 33.4 Å². The highest BCUT2D eigenvalue weighted by molar-refractivity contribution is 6.01. The van der Waals surface area contributed by atoms with Crippen LogP contribution in [0, 0.1) is 13.8 Å². The smallest absolute Gasteiger partial charge is 0.181 e. The molecule has 0 spiro atoms. The Morgan fingerprint density at radius 2 is 1.83 bits per heavy atom. The number of piperazine rings is 1. The van der Waals surface area contributed by atoms with Gasteiger partial charge in [-0.2, -0.15) is 0 Å². The summed E-state index contributed by atoms with van der Waals surface area (Å²) in [6.45, 7) is 9.80. The first-order chi connectivity index (χ1) is 14.5. The first-order valence-electron chi connectivity index (χ1n) is 10.5. The number of phenolic OH excluding ortho intramolecular Hbond substituents is 1. The van der Waals surface area contributed by atoms with E-state index in [0.29, 0.717) is 12.3 Å². The number of phenols is 1. The molecule has 0 aliphatic carbocycles. The van der Waals surface area contributed by atoms with Crippen molar-refractivity contribution < 1.29 is 14.3 Å². The molecule has 1 aliphatic heterocycles. The third-order valence-corrected chi connectivity index (χ3v) is 6.20. The first-order valence-corrected chi connectivity index (χ1v) is 10.5. The molecule has 3 heterocycles. The average Bonchev–Trinajstić information content (AvgIpc) is 3.37. The lowest BCUT2D eigenvalue weighted by Crippen LogP contribution is -2.51. The van der Waals surface area contributed by atoms with Crippen LogP contribution in [0.5, 0.6) is 5.75 Å². The number of aromatic hydroxyl groups is 1. The predicted octanol–water partition coefficient (Wildman–Crippen LogP) is 3.85. The lowest BCUT2D eigenvalue weighted by Gasteiger charge is -2.38. The maximum Gasteiger partial charge on any atom is 0.181 e. The average molecular weight is 408 g/mol. The Labute approximate surface area is 177 Å². The van der Waals surface area contributed by atoms with Crippen molar-refractivity contribution >= 4 is 11.5 Å². The van der Waals surface area contributed by atoms with Crippen LogP contribution in [0.15, 0.2) is 53.1 Å². The van der Waals surface area contributed by atoms with Gasteiger partial charge in [0.15, 0.2) is 5.78 Å². The van der Waals surface area contributed by atoms with Gasteiger partial charge in [-0.25, -0.2) is 0 Å². The molecule has 0 radical (unpaired) electrons. The number of ketones is 1. The maximum atomic E-state index is 13.3. The zero-order chi connectivity index (χ0) is 21.3. The van der Waals surface area contributed by atoms with Crippen LogP contribution in [0.2, 0.25) is 0 Å². The molecule has 2 aromatic heterocycles. The topological polar surface area (TPSA) is 61.9 Å². The summed E-state index contributed by atoms with van der Waals surface area (Å²) in [4.78, 5) is 17.7. The molecule has 1 aliphatic rings. The fourth-order valence-electron chi connectivity index (χ4n) is 4.32. The third-order valence-electron chi connectivity index (χ3n) is 6.20. The van der Waals surface area contributed by atoms with Crippen LogP contribution in [0.1, 0.15) is 34.4 Å². The van der Waals surface area contributed by atoms with E-state index < -0.39 is 0 Å². The van der Waals surface area contributed by atoms with Gasteiger partial charge >= 0.3 is 0 Å². The minimum atomic E-state index is -0.186. The summed E-state index contributed by atoms with van der Waals surface area (Å²) in [6, 6.07) is 13.1. The van der Waals surface area contributed by atoms with Crippen LogP contribution < -0.4 is 4.90 Å². The summed E-state index contributed by atoms with van der Waals surface area (Å²) in [5.41, 5.74) is 3.68. The van der Waals surface area contributed by atoms with Gasteiger partial charge in [-0.05, 0) is 51.1 Å². The number of aryl methyl sites for hydroxylation is 1. The molecule has 1 atom stereocenters. The number of rotatable bonds is 6. The largest absolute Gasteiger partial charge is 0.506 e. The van der Waals surface area contributed by atoms with Crippen LogP contribution in [0.25, 0.3) is 0 Å². The molecule has 0 unspecified atom stereocenters. The number of para-hydroxylation sites is 2. The molecule has 1 aromatic carbocycles. The summed E-state index contributed by atoms with van der Waals surface area (Å²) >= 11 is 0. The van der Waals surface area contributed by atoms with Crippen molar-refractivity contribution in [1.82, 2.24) is 9.47 Å². The lowest BCUT2D eigenvalue weighted by molar-refractivity contribution is 0.0829. The van der Waals surface area contributed by atoms with E-state index in [1.807, 2.05) is 57.2 Å². The molecule has 0 saturated carbocycles. The van der Waals surface area contributed by atoms with Gasteiger partial charge in [-0.3, -0.25) is 9.69 Å². The molecule has 1 N–H and O–H groups in total. The van der Waals surface area contributed by atoms with Crippen LogP contribution in [-0.4, -0.2) is 52.6 Å². The third kappa shape index (κ3) is 3.87. The van der Waals surface area contributed by atoms with Gasteiger partial charge in [0.1, 0.15) is 11.5 Å². The molecular weight excluding hydrogens is 378 g/mol. The number of nitrogens with zero attached hydrogens (tertiary/aromatic N) is 3. The molecule has 3 aromatic rings. The van der Waals surface area contributed by atoms with E-state index in [4.69, 9.17) is 4.42 Å². The zero-order valence-electron chi connectivity index (χ0n) is 17.8. The van der Waals surface area contributed by atoms with E-state index >= 15 is 0 Å². The number of carbonyl (C=O) groups is 1. The molecule has 0 bridgehead atoms. The summed E-state index contributed by atoms with van der Waals surface area (Å²) in [7, 11) is 0. The minimum Gasteiger partial charge on any atom is -0.506 e. The van der Waals surface area contributed by atoms with Gasteiger partial charge in [0.2, 0.25) is 0 Å². The van der Waals surface area contributed by atoms with Crippen molar-refractivity contribution in [3.63, 3.8) is 0 Å². The Bertz CT molecular complexity index is 1010. The molecule has 6 heteroatoms. The second-order valence-electron chi connectivity index (χ2n) is 8.00. The number of benzene rings is 1. The van der Waals surface area contributed by atoms with Gasteiger partial charge in [0.05, 0.1) is 24.5 Å². The Morgan fingerprint density at radius 1 is 1.10 bits per heavy atom. The summed E-state index contributed by atoms with van der Waals surface area (Å²) < 4.78 is 7.61. The van der Waals surface area contributed by atoms with E-state index in [1.165, 1.54) is 0 Å². The number of aromatic nitrogens is 1. The molecule has 1 saturated heterocycles. The second kappa shape index (κ2) is 8.40. The molecule has 4 rings (SSSR count). The summed E-state index contributed by atoms with van der Waals surface area (Å²) in [6.07, 6.45) is 1.67. The monoisotopic (exact) mass is 407 g/mol. The van der Waals surface area contributed by atoms with E-state index in [0.717, 1.165) is 54.6 Å². The molecule has 1 fully saturated rings. The molecule has 30 heavy (non-hydrogen) atoms. The number of furan rings is 1. The van der Waals surface area contributed by atoms with E-state index in [9.17, 15) is 9.90 Å². The van der Waals surface area contributed by atoms with Crippen LogP contribution >= 0.6 is 0 Å². The summed E-state index contributed by atoms with van der Waals surface area (Å²) in [5, 5.41) is 10.1. The quantitative estimate of drug-likeness (QED) is 0.629. The normalized spacial score (nSPS) is 16.0. The van der Waals surface area contributed by atoms with Gasteiger partial charge < -0.3 is 19.0 Å². The van der Waals surface area contributed by atoms with Crippen molar-refractivity contribution in [2.24, 2.45) is 0 Å². The van der Waals surface area contributed by atoms with Gasteiger partial charge in [-0.15, -0.1) is 0 Å². The first kappa shape index (κ1) is 20.3. The lowest BCUT2D eigenvalue weighted by atomic mass is 10.0. The zero-order valence-corrected chi connectivity index (χ0v) is 17.8. The highest BCUT2D eigenvalue weighted by Gasteiger charge is 2.29. The molecule has 158 valence electrons. The number of hydrogen-bond acceptors (Lipinski definition) is 5. The Morgan fingerprint density at radius 3 is 2.50 bits per heavy atom. The molecule has 6 nitrogen and oxygen atoms in total. The highest BCUT2D eigenvalue weighted by atomic mass is 16.3. The van der Waals surface area contributed by atoms with Gasteiger partial charge in [-0.1, -0.05) is 12.1 Å².